The van der Waals surface area contributed by atoms with E-state index in [0.29, 0.717) is 23.7 Å². The van der Waals surface area contributed by atoms with Crippen LogP contribution in [0.5, 0.6) is 0 Å². The van der Waals surface area contributed by atoms with Crippen LogP contribution < -0.4 is 10.0 Å². The predicted molar refractivity (Wildman–Crippen MR) is 93.4 cm³/mol. The van der Waals surface area contributed by atoms with Crippen molar-refractivity contribution in [1.29, 1.82) is 0 Å². The topological polar surface area (TPSA) is 75.3 Å². The van der Waals surface area contributed by atoms with Gasteiger partial charge >= 0.3 is 0 Å². The second-order valence-electron chi connectivity index (χ2n) is 6.24. The maximum atomic E-state index is 13.5. The van der Waals surface area contributed by atoms with Crippen molar-refractivity contribution in [2.24, 2.45) is 5.92 Å². The van der Waals surface area contributed by atoms with Crippen LogP contribution in [0.4, 0.5) is 10.1 Å². The lowest BCUT2D eigenvalue weighted by Gasteiger charge is -2.09. The lowest BCUT2D eigenvalue weighted by Crippen LogP contribution is -2.25. The van der Waals surface area contributed by atoms with E-state index in [-0.39, 0.29) is 10.5 Å². The van der Waals surface area contributed by atoms with Crippen LogP contribution in [-0.4, -0.2) is 20.9 Å². The molecule has 0 spiro atoms. The smallest absolute Gasteiger partial charge is 0.255 e. The van der Waals surface area contributed by atoms with Crippen molar-refractivity contribution in [3.63, 3.8) is 0 Å². The maximum Gasteiger partial charge on any atom is 0.255 e. The Bertz CT molecular complexity index is 891. The molecule has 2 aromatic rings. The van der Waals surface area contributed by atoms with Gasteiger partial charge in [0.25, 0.3) is 5.91 Å². The van der Waals surface area contributed by atoms with E-state index in [0.717, 1.165) is 12.8 Å². The molecule has 0 aromatic heterocycles. The van der Waals surface area contributed by atoms with Crippen molar-refractivity contribution in [2.45, 2.75) is 24.7 Å². The lowest BCUT2D eigenvalue weighted by atomic mass is 10.1. The minimum Gasteiger partial charge on any atom is -0.322 e. The first kappa shape index (κ1) is 17.6. The zero-order valence-corrected chi connectivity index (χ0v) is 14.6. The van der Waals surface area contributed by atoms with Crippen LogP contribution >= 0.6 is 0 Å². The summed E-state index contributed by atoms with van der Waals surface area (Å²) in [7, 11) is -3.54. The molecule has 0 unspecified atom stereocenters. The van der Waals surface area contributed by atoms with Crippen molar-refractivity contribution >= 4 is 21.6 Å². The minimum atomic E-state index is -3.54. The van der Waals surface area contributed by atoms with Gasteiger partial charge in [-0.25, -0.2) is 17.5 Å². The summed E-state index contributed by atoms with van der Waals surface area (Å²) in [4.78, 5) is 12.3. The third-order valence-electron chi connectivity index (χ3n) is 4.12. The summed E-state index contributed by atoms with van der Waals surface area (Å²) in [6.45, 7) is 2.08. The van der Waals surface area contributed by atoms with Gasteiger partial charge in [0, 0.05) is 17.8 Å². The third kappa shape index (κ3) is 4.43. The molecule has 1 saturated carbocycles. The molecule has 25 heavy (non-hydrogen) atoms. The molecule has 5 nitrogen and oxygen atoms in total. The van der Waals surface area contributed by atoms with Gasteiger partial charge in [-0.1, -0.05) is 6.07 Å². The second kappa shape index (κ2) is 6.93. The molecule has 3 rings (SSSR count). The van der Waals surface area contributed by atoms with Gasteiger partial charge in [-0.15, -0.1) is 0 Å². The van der Waals surface area contributed by atoms with Gasteiger partial charge in [-0.2, -0.15) is 0 Å². The molecule has 2 aromatic carbocycles. The monoisotopic (exact) mass is 362 g/mol. The molecule has 1 aliphatic rings. The Hall–Kier alpha value is -2.25. The number of aryl methyl sites for hydroxylation is 1. The predicted octanol–water partition coefficient (Wildman–Crippen LogP) is 3.07. The van der Waals surface area contributed by atoms with E-state index < -0.39 is 21.7 Å². The molecular formula is C18H19FN2O3S. The Kier molecular flexibility index (Phi) is 4.87. The Balaban J connectivity index is 1.67. The van der Waals surface area contributed by atoms with Crippen molar-refractivity contribution in [2.75, 3.05) is 11.9 Å². The summed E-state index contributed by atoms with van der Waals surface area (Å²) >= 11 is 0. The first-order valence-corrected chi connectivity index (χ1v) is 9.51. The summed E-state index contributed by atoms with van der Waals surface area (Å²) < 4.78 is 40.4. The van der Waals surface area contributed by atoms with Crippen LogP contribution in [-0.2, 0) is 10.0 Å². The van der Waals surface area contributed by atoms with E-state index in [9.17, 15) is 17.6 Å². The number of carbonyl (C=O) groups is 1. The van der Waals surface area contributed by atoms with Crippen molar-refractivity contribution < 1.29 is 17.6 Å². The van der Waals surface area contributed by atoms with Crippen molar-refractivity contribution in [3.8, 4) is 0 Å². The van der Waals surface area contributed by atoms with E-state index in [1.807, 2.05) is 0 Å². The Morgan fingerprint density at radius 3 is 2.44 bits per heavy atom. The van der Waals surface area contributed by atoms with Gasteiger partial charge in [-0.05, 0) is 67.6 Å². The van der Waals surface area contributed by atoms with Crippen LogP contribution in [0.1, 0.15) is 28.8 Å². The molecule has 7 heteroatoms. The molecule has 0 bridgehead atoms. The number of anilines is 1. The molecular weight excluding hydrogens is 343 g/mol. The average molecular weight is 362 g/mol. The molecule has 2 N–H and O–H groups in total. The maximum absolute atomic E-state index is 13.5. The van der Waals surface area contributed by atoms with Crippen LogP contribution in [0.15, 0.2) is 47.4 Å². The minimum absolute atomic E-state index is 0.146. The number of sulfonamides is 1. The Morgan fingerprint density at radius 2 is 1.84 bits per heavy atom. The first-order chi connectivity index (χ1) is 11.8. The fraction of sp³-hybridized carbons (Fsp3) is 0.278. The first-order valence-electron chi connectivity index (χ1n) is 8.02. The van der Waals surface area contributed by atoms with E-state index in [4.69, 9.17) is 0 Å². The van der Waals surface area contributed by atoms with Gasteiger partial charge in [0.05, 0.1) is 4.90 Å². The normalized spacial score (nSPS) is 14.3. The Labute approximate surface area is 146 Å². The zero-order chi connectivity index (χ0) is 18.0. The molecule has 0 radical (unpaired) electrons. The molecule has 0 saturated heterocycles. The van der Waals surface area contributed by atoms with E-state index >= 15 is 0 Å². The number of amides is 1. The number of halogens is 1. The molecule has 1 fully saturated rings. The van der Waals surface area contributed by atoms with Crippen molar-refractivity contribution in [3.05, 3.63) is 59.4 Å². The molecule has 132 valence electrons. The van der Waals surface area contributed by atoms with E-state index in [2.05, 4.69) is 10.0 Å². The molecule has 0 atom stereocenters. The number of nitrogens with one attached hydrogen (secondary N) is 2. The van der Waals surface area contributed by atoms with E-state index in [1.54, 1.807) is 6.92 Å². The summed E-state index contributed by atoms with van der Waals surface area (Å²) in [5.74, 6) is -0.458. The van der Waals surface area contributed by atoms with Crippen LogP contribution in [0, 0.1) is 18.7 Å². The van der Waals surface area contributed by atoms with Gasteiger partial charge in [0.1, 0.15) is 5.82 Å². The lowest BCUT2D eigenvalue weighted by molar-refractivity contribution is 0.102. The SMILES string of the molecule is Cc1ccc(C(=O)Nc2ccc(S(=O)(=O)NCC3CC3)cc2)cc1F. The Morgan fingerprint density at radius 1 is 1.16 bits per heavy atom. The van der Waals surface area contributed by atoms with E-state index in [1.165, 1.54) is 42.5 Å². The molecule has 0 heterocycles. The third-order valence-corrected chi connectivity index (χ3v) is 5.55. The van der Waals surface area contributed by atoms with Gasteiger partial charge in [-0.3, -0.25) is 4.79 Å². The molecule has 1 aliphatic carbocycles. The van der Waals surface area contributed by atoms with Crippen molar-refractivity contribution in [1.82, 2.24) is 4.72 Å². The summed E-state index contributed by atoms with van der Waals surface area (Å²) in [6.07, 6.45) is 2.13. The molecule has 1 amide bonds. The molecule has 0 aliphatic heterocycles. The number of carbonyl (C=O) groups excluding carboxylic acids is 1. The number of hydrogen-bond donors (Lipinski definition) is 2. The largest absolute Gasteiger partial charge is 0.322 e. The summed E-state index contributed by atoms with van der Waals surface area (Å²) in [5.41, 5.74) is 1.10. The number of benzene rings is 2. The van der Waals surface area contributed by atoms with Gasteiger partial charge in [0.2, 0.25) is 10.0 Å². The summed E-state index contributed by atoms with van der Waals surface area (Å²) in [6, 6.07) is 10.1. The second-order valence-corrected chi connectivity index (χ2v) is 8.00. The fourth-order valence-electron chi connectivity index (χ4n) is 2.29. The van der Waals surface area contributed by atoms with Gasteiger partial charge < -0.3 is 5.32 Å². The quantitative estimate of drug-likeness (QED) is 0.829. The average Bonchev–Trinajstić information content (AvgIpc) is 3.40. The van der Waals surface area contributed by atoms with Crippen LogP contribution in [0.3, 0.4) is 0 Å². The van der Waals surface area contributed by atoms with Crippen LogP contribution in [0.2, 0.25) is 0 Å². The fourth-order valence-corrected chi connectivity index (χ4v) is 3.40. The highest BCUT2D eigenvalue weighted by molar-refractivity contribution is 7.89. The highest BCUT2D eigenvalue weighted by atomic mass is 32.2. The highest BCUT2D eigenvalue weighted by Crippen LogP contribution is 2.28. The standard InChI is InChI=1S/C18H19FN2O3S/c1-12-2-5-14(10-17(12)19)18(22)21-15-6-8-16(9-7-15)25(23,24)20-11-13-3-4-13/h2,5-10,13,20H,3-4,11H2,1H3,(H,21,22). The highest BCUT2D eigenvalue weighted by Gasteiger charge is 2.24. The number of rotatable bonds is 6. The van der Waals surface area contributed by atoms with Crippen LogP contribution in [0.25, 0.3) is 0 Å². The van der Waals surface area contributed by atoms with Gasteiger partial charge in [0.15, 0.2) is 0 Å². The number of hydrogen-bond acceptors (Lipinski definition) is 3. The summed E-state index contributed by atoms with van der Waals surface area (Å²) in [5, 5.41) is 2.62. The zero-order valence-electron chi connectivity index (χ0n) is 13.8.